The first-order valence-electron chi connectivity index (χ1n) is 11.2. The van der Waals surface area contributed by atoms with Crippen LogP contribution in [0.1, 0.15) is 12.7 Å². The Morgan fingerprint density at radius 3 is 2.32 bits per heavy atom. The molecule has 0 aliphatic rings. The van der Waals surface area contributed by atoms with Gasteiger partial charge in [-0.25, -0.2) is 23.2 Å². The summed E-state index contributed by atoms with van der Waals surface area (Å²) < 4.78 is 108. The highest BCUT2D eigenvalue weighted by molar-refractivity contribution is 7.93. The highest BCUT2D eigenvalue weighted by Gasteiger charge is 2.38. The fraction of sp³-hybridized carbons (Fsp3) is 0.364. The van der Waals surface area contributed by atoms with Gasteiger partial charge in [-0.1, -0.05) is 17.4 Å². The SMILES string of the molecule is CCOc1cccc(S(=O)(=O)c2cnc(Nc3cc(OCCN(C)C)nc(C(F)(F)F)n3)s2)c1.O=C(O)C(F)(F)F. The minimum atomic E-state index is -5.08. The lowest BCUT2D eigenvalue weighted by molar-refractivity contribution is -0.192. The summed E-state index contributed by atoms with van der Waals surface area (Å²) in [4.78, 5) is 21.6. The summed E-state index contributed by atoms with van der Waals surface area (Å²) in [6.45, 7) is 2.73. The molecule has 3 aromatic rings. The van der Waals surface area contributed by atoms with Crippen molar-refractivity contribution in [2.75, 3.05) is 39.2 Å². The van der Waals surface area contributed by atoms with Gasteiger partial charge in [0.25, 0.3) is 0 Å². The van der Waals surface area contributed by atoms with Gasteiger partial charge in [0.2, 0.25) is 21.5 Å². The Morgan fingerprint density at radius 1 is 1.10 bits per heavy atom. The number of hydrogen-bond acceptors (Lipinski definition) is 11. The maximum absolute atomic E-state index is 13.3. The van der Waals surface area contributed by atoms with E-state index >= 15 is 0 Å². The fourth-order valence-electron chi connectivity index (χ4n) is 2.59. The van der Waals surface area contributed by atoms with E-state index in [0.717, 1.165) is 17.5 Å². The molecule has 2 N–H and O–H groups in total. The highest BCUT2D eigenvalue weighted by Crippen LogP contribution is 2.33. The highest BCUT2D eigenvalue weighted by atomic mass is 32.2. The maximum atomic E-state index is 13.3. The summed E-state index contributed by atoms with van der Waals surface area (Å²) in [6.07, 6.45) is -8.77. The molecule has 0 radical (unpaired) electrons. The number of nitrogens with one attached hydrogen (secondary N) is 1. The third-order valence-electron chi connectivity index (χ3n) is 4.40. The zero-order valence-electron chi connectivity index (χ0n) is 21.4. The smallest absolute Gasteiger partial charge is 0.490 e. The molecule has 0 aliphatic heterocycles. The van der Waals surface area contributed by atoms with Crippen LogP contribution in [0.5, 0.6) is 11.6 Å². The molecule has 11 nitrogen and oxygen atoms in total. The second kappa shape index (κ2) is 13.8. The number of benzene rings is 1. The van der Waals surface area contributed by atoms with Gasteiger partial charge >= 0.3 is 18.3 Å². The molecule has 2 heterocycles. The van der Waals surface area contributed by atoms with Crippen molar-refractivity contribution in [1.82, 2.24) is 19.9 Å². The lowest BCUT2D eigenvalue weighted by Crippen LogP contribution is -2.21. The zero-order chi connectivity index (χ0) is 31.0. The van der Waals surface area contributed by atoms with Gasteiger partial charge in [-0.05, 0) is 39.2 Å². The van der Waals surface area contributed by atoms with Crippen molar-refractivity contribution in [3.63, 3.8) is 0 Å². The van der Waals surface area contributed by atoms with Gasteiger partial charge in [0.15, 0.2) is 5.13 Å². The number of halogens is 6. The van der Waals surface area contributed by atoms with Crippen molar-refractivity contribution in [3.8, 4) is 11.6 Å². The molecule has 3 rings (SSSR count). The average Bonchev–Trinajstić information content (AvgIpc) is 3.33. The van der Waals surface area contributed by atoms with Crippen LogP contribution in [-0.4, -0.2) is 79.4 Å². The van der Waals surface area contributed by atoms with Crippen molar-refractivity contribution in [1.29, 1.82) is 0 Å². The van der Waals surface area contributed by atoms with Gasteiger partial charge in [-0.3, -0.25) is 0 Å². The molecule has 19 heteroatoms. The molecular formula is C22H23F6N5O6S2. The molecule has 0 amide bonds. The minimum Gasteiger partial charge on any atom is -0.494 e. The predicted molar refractivity (Wildman–Crippen MR) is 133 cm³/mol. The Balaban J connectivity index is 0.000000745. The van der Waals surface area contributed by atoms with Crippen LogP contribution in [0.4, 0.5) is 37.3 Å². The first kappa shape index (κ1) is 33.5. The van der Waals surface area contributed by atoms with Crippen LogP contribution in [0, 0.1) is 0 Å². The number of aliphatic carboxylic acids is 1. The number of anilines is 2. The summed E-state index contributed by atoms with van der Waals surface area (Å²) in [6, 6.07) is 7.18. The number of alkyl halides is 6. The molecule has 0 saturated carbocycles. The summed E-state index contributed by atoms with van der Waals surface area (Å²) in [5.74, 6) is -4.27. The third-order valence-corrected chi connectivity index (χ3v) is 7.52. The quantitative estimate of drug-likeness (QED) is 0.305. The standard InChI is InChI=1S/C20H22F3N5O4S2.C2HF3O2/c1-4-31-13-6-5-7-14(10-13)34(29,30)17-12-24-19(33-17)26-15-11-16(32-9-8-28(2)3)27-18(25-15)20(21,22)23;3-2(4,5)1(6)7/h5-7,10-12H,4,8-9H2,1-3H3,(H,24,25,26,27);(H,6,7). The van der Waals surface area contributed by atoms with Gasteiger partial charge in [-0.15, -0.1) is 0 Å². The van der Waals surface area contributed by atoms with E-state index in [0.29, 0.717) is 18.9 Å². The van der Waals surface area contributed by atoms with Crippen LogP contribution in [0.25, 0.3) is 0 Å². The maximum Gasteiger partial charge on any atom is 0.490 e. The Kier molecular flexibility index (Phi) is 11.2. The van der Waals surface area contributed by atoms with Gasteiger partial charge < -0.3 is 24.8 Å². The number of hydrogen-bond donors (Lipinski definition) is 2. The molecule has 0 spiro atoms. The zero-order valence-corrected chi connectivity index (χ0v) is 23.1. The van der Waals surface area contributed by atoms with Crippen LogP contribution in [0.2, 0.25) is 0 Å². The fourth-order valence-corrected chi connectivity index (χ4v) is 5.06. The van der Waals surface area contributed by atoms with E-state index in [1.807, 2.05) is 0 Å². The second-order valence-electron chi connectivity index (χ2n) is 7.89. The van der Waals surface area contributed by atoms with Crippen molar-refractivity contribution < 1.29 is 54.1 Å². The Labute approximate surface area is 233 Å². The topological polar surface area (TPSA) is 144 Å². The number of nitrogens with zero attached hydrogens (tertiary/aromatic N) is 4. The number of carboxylic acids is 1. The first-order valence-corrected chi connectivity index (χ1v) is 13.5. The largest absolute Gasteiger partial charge is 0.494 e. The molecule has 41 heavy (non-hydrogen) atoms. The summed E-state index contributed by atoms with van der Waals surface area (Å²) >= 11 is 0.750. The molecule has 1 aromatic carbocycles. The van der Waals surface area contributed by atoms with Crippen LogP contribution < -0.4 is 14.8 Å². The molecule has 0 aliphatic carbocycles. The number of likely N-dealkylation sites (N-methyl/N-ethyl adjacent to an activating group) is 1. The molecule has 0 bridgehead atoms. The molecule has 0 fully saturated rings. The van der Waals surface area contributed by atoms with Crippen LogP contribution in [0.3, 0.4) is 0 Å². The summed E-state index contributed by atoms with van der Waals surface area (Å²) in [5, 5.41) is 9.77. The number of ether oxygens (including phenoxy) is 2. The molecular weight excluding hydrogens is 608 g/mol. The molecule has 226 valence electrons. The van der Waals surface area contributed by atoms with Crippen LogP contribution in [0.15, 0.2) is 45.6 Å². The second-order valence-corrected chi connectivity index (χ2v) is 11.1. The predicted octanol–water partition coefficient (Wildman–Crippen LogP) is 4.50. The molecule has 0 saturated heterocycles. The van der Waals surface area contributed by atoms with Crippen LogP contribution in [-0.2, 0) is 20.8 Å². The number of aromatic nitrogens is 3. The monoisotopic (exact) mass is 631 g/mol. The van der Waals surface area contributed by atoms with E-state index in [-0.39, 0.29) is 32.5 Å². The van der Waals surface area contributed by atoms with Gasteiger partial charge in [0, 0.05) is 12.6 Å². The Bertz CT molecular complexity index is 1430. The Morgan fingerprint density at radius 2 is 1.76 bits per heavy atom. The normalized spacial score (nSPS) is 12.0. The van der Waals surface area contributed by atoms with E-state index in [1.165, 1.54) is 18.2 Å². The van der Waals surface area contributed by atoms with E-state index in [4.69, 9.17) is 19.4 Å². The number of carbonyl (C=O) groups is 1. The van der Waals surface area contributed by atoms with E-state index < -0.39 is 34.0 Å². The Hall–Kier alpha value is -3.71. The van der Waals surface area contributed by atoms with E-state index in [9.17, 15) is 34.8 Å². The molecule has 2 aromatic heterocycles. The van der Waals surface area contributed by atoms with Crippen molar-refractivity contribution >= 4 is 38.1 Å². The number of sulfone groups is 1. The number of carboxylic acid groups (broad SMARTS) is 1. The third kappa shape index (κ3) is 10.3. The lowest BCUT2D eigenvalue weighted by atomic mass is 10.3. The van der Waals surface area contributed by atoms with E-state index in [1.54, 1.807) is 38.1 Å². The first-order chi connectivity index (χ1) is 18.9. The number of rotatable bonds is 10. The van der Waals surface area contributed by atoms with Crippen LogP contribution >= 0.6 is 11.3 Å². The summed E-state index contributed by atoms with van der Waals surface area (Å²) in [7, 11) is -0.336. The van der Waals surface area contributed by atoms with Gasteiger partial charge in [0.05, 0.1) is 17.7 Å². The van der Waals surface area contributed by atoms with Crippen molar-refractivity contribution in [2.24, 2.45) is 0 Å². The van der Waals surface area contributed by atoms with Gasteiger partial charge in [0.1, 0.15) is 22.4 Å². The average molecular weight is 632 g/mol. The van der Waals surface area contributed by atoms with E-state index in [2.05, 4.69) is 20.3 Å². The molecule has 0 unspecified atom stereocenters. The van der Waals surface area contributed by atoms with Crippen molar-refractivity contribution in [2.45, 2.75) is 28.4 Å². The summed E-state index contributed by atoms with van der Waals surface area (Å²) in [5.41, 5.74) is 0. The lowest BCUT2D eigenvalue weighted by Gasteiger charge is -2.13. The molecule has 0 atom stereocenters. The number of thiazole rings is 1. The minimum absolute atomic E-state index is 0.00613. The van der Waals surface area contributed by atoms with Gasteiger partial charge in [-0.2, -0.15) is 31.3 Å². The van der Waals surface area contributed by atoms with Crippen molar-refractivity contribution in [3.05, 3.63) is 42.4 Å².